The second-order valence-electron chi connectivity index (χ2n) is 6.70. The molecular weight excluding hydrogens is 360 g/mol. The highest BCUT2D eigenvalue weighted by Gasteiger charge is 2.24. The Labute approximate surface area is 165 Å². The maximum atomic E-state index is 12.5. The number of nitrogens with one attached hydrogen (secondary N) is 2. The van der Waals surface area contributed by atoms with E-state index in [2.05, 4.69) is 10.6 Å². The van der Waals surface area contributed by atoms with E-state index in [1.807, 2.05) is 50.2 Å². The van der Waals surface area contributed by atoms with Gasteiger partial charge in [0.25, 0.3) is 0 Å². The molecule has 0 fully saturated rings. The Hall–Kier alpha value is -2.80. The van der Waals surface area contributed by atoms with E-state index in [9.17, 15) is 9.59 Å². The van der Waals surface area contributed by atoms with Crippen LogP contribution in [0.1, 0.15) is 37.7 Å². The minimum Gasteiger partial charge on any atom is -0.467 e. The van der Waals surface area contributed by atoms with Gasteiger partial charge in [0.05, 0.1) is 19.5 Å². The van der Waals surface area contributed by atoms with Crippen molar-refractivity contribution in [1.82, 2.24) is 10.6 Å². The zero-order chi connectivity index (χ0) is 20.4. The summed E-state index contributed by atoms with van der Waals surface area (Å²) in [5, 5.41) is 5.47. The second kappa shape index (κ2) is 11.1. The van der Waals surface area contributed by atoms with Crippen molar-refractivity contribution >= 4 is 12.0 Å². The molecular formula is C21H28N2O5. The van der Waals surface area contributed by atoms with Crippen molar-refractivity contribution in [2.24, 2.45) is 5.92 Å². The van der Waals surface area contributed by atoms with Crippen LogP contribution in [0, 0.1) is 5.92 Å². The Balaban J connectivity index is 1.84. The number of ether oxygens (including phenoxy) is 2. The molecule has 0 saturated heterocycles. The molecule has 2 N–H and O–H groups in total. The first-order valence-corrected chi connectivity index (χ1v) is 9.38. The molecule has 0 bridgehead atoms. The topological polar surface area (TPSA) is 89.8 Å². The quantitative estimate of drug-likeness (QED) is 0.651. The summed E-state index contributed by atoms with van der Waals surface area (Å²) in [4.78, 5) is 24.1. The maximum Gasteiger partial charge on any atom is 0.407 e. The zero-order valence-electron chi connectivity index (χ0n) is 16.6. The summed E-state index contributed by atoms with van der Waals surface area (Å²) in [6, 6.07) is 10.8. The molecule has 0 spiro atoms. The molecule has 1 unspecified atom stereocenters. The summed E-state index contributed by atoms with van der Waals surface area (Å²) in [7, 11) is 0. The lowest BCUT2D eigenvalue weighted by Crippen LogP contribution is -2.49. The lowest BCUT2D eigenvalue weighted by atomic mass is 10.0. The van der Waals surface area contributed by atoms with Crippen molar-refractivity contribution in [3.05, 3.63) is 59.5 Å². The zero-order valence-corrected chi connectivity index (χ0v) is 16.6. The molecule has 0 saturated carbocycles. The Morgan fingerprint density at radius 1 is 1.11 bits per heavy atom. The fraction of sp³-hybridized carbons (Fsp3) is 0.429. The highest BCUT2D eigenvalue weighted by atomic mass is 16.5. The van der Waals surface area contributed by atoms with Gasteiger partial charge in [-0.2, -0.15) is 0 Å². The van der Waals surface area contributed by atoms with Crippen LogP contribution in [0.25, 0.3) is 0 Å². The van der Waals surface area contributed by atoms with Crippen LogP contribution in [-0.4, -0.2) is 24.6 Å². The summed E-state index contributed by atoms with van der Waals surface area (Å²) in [6.07, 6.45) is 1.02. The molecule has 0 aliphatic rings. The molecule has 1 heterocycles. The molecule has 2 amide bonds. The number of amides is 2. The first kappa shape index (κ1) is 21.5. The number of alkyl carbamates (subject to hydrolysis) is 1. The van der Waals surface area contributed by atoms with Gasteiger partial charge in [-0.1, -0.05) is 38.1 Å². The van der Waals surface area contributed by atoms with Gasteiger partial charge in [0.15, 0.2) is 0 Å². The van der Waals surface area contributed by atoms with Gasteiger partial charge in [-0.15, -0.1) is 0 Å². The van der Waals surface area contributed by atoms with Gasteiger partial charge in [-0.05, 0) is 36.1 Å². The highest BCUT2D eigenvalue weighted by molar-refractivity contribution is 5.85. The molecule has 0 aliphatic carbocycles. The number of hydrogen-bond acceptors (Lipinski definition) is 5. The Morgan fingerprint density at radius 2 is 1.89 bits per heavy atom. The van der Waals surface area contributed by atoms with E-state index >= 15 is 0 Å². The van der Waals surface area contributed by atoms with E-state index in [0.29, 0.717) is 19.8 Å². The number of rotatable bonds is 10. The molecule has 1 atom stereocenters. The van der Waals surface area contributed by atoms with Crippen LogP contribution in [0.3, 0.4) is 0 Å². The largest absolute Gasteiger partial charge is 0.467 e. The minimum atomic E-state index is -0.654. The number of hydrogen-bond donors (Lipinski definition) is 2. The molecule has 0 radical (unpaired) electrons. The van der Waals surface area contributed by atoms with Gasteiger partial charge < -0.3 is 24.5 Å². The number of carbonyl (C=O) groups excluding carboxylic acids is 2. The monoisotopic (exact) mass is 388 g/mol. The fourth-order valence-corrected chi connectivity index (χ4v) is 2.63. The van der Waals surface area contributed by atoms with Crippen molar-refractivity contribution in [2.45, 2.75) is 46.6 Å². The first-order valence-electron chi connectivity index (χ1n) is 9.38. The molecule has 152 valence electrons. The van der Waals surface area contributed by atoms with Crippen LogP contribution < -0.4 is 10.6 Å². The predicted molar refractivity (Wildman–Crippen MR) is 104 cm³/mol. The van der Waals surface area contributed by atoms with Gasteiger partial charge in [0.2, 0.25) is 5.91 Å². The van der Waals surface area contributed by atoms with Crippen LogP contribution in [0.2, 0.25) is 0 Å². The van der Waals surface area contributed by atoms with Crippen molar-refractivity contribution < 1.29 is 23.5 Å². The Kier molecular flexibility index (Phi) is 8.55. The van der Waals surface area contributed by atoms with E-state index in [1.54, 1.807) is 13.2 Å². The molecule has 1 aromatic heterocycles. The van der Waals surface area contributed by atoms with E-state index in [-0.39, 0.29) is 18.4 Å². The maximum absolute atomic E-state index is 12.5. The van der Waals surface area contributed by atoms with E-state index in [1.165, 1.54) is 0 Å². The first-order chi connectivity index (χ1) is 13.5. The molecule has 2 aromatic rings. The standard InChI is InChI=1S/C21H28N2O5/c1-4-27-21(25)23-19(15(2)3)20(24)22-12-16-7-5-8-17(11-16)13-26-14-18-9-6-10-28-18/h5-11,15,19H,4,12-14H2,1-3H3,(H,22,24)(H,23,25). The van der Waals surface area contributed by atoms with E-state index in [0.717, 1.165) is 16.9 Å². The lowest BCUT2D eigenvalue weighted by molar-refractivity contribution is -0.124. The number of furan rings is 1. The minimum absolute atomic E-state index is 0.0641. The van der Waals surface area contributed by atoms with Crippen LogP contribution in [0.4, 0.5) is 4.79 Å². The van der Waals surface area contributed by atoms with Crippen LogP contribution >= 0.6 is 0 Å². The van der Waals surface area contributed by atoms with Crippen LogP contribution in [0.5, 0.6) is 0 Å². The third-order valence-corrected chi connectivity index (χ3v) is 4.05. The summed E-state index contributed by atoms with van der Waals surface area (Å²) in [6.45, 7) is 6.92. The van der Waals surface area contributed by atoms with E-state index in [4.69, 9.17) is 13.9 Å². The molecule has 28 heavy (non-hydrogen) atoms. The third-order valence-electron chi connectivity index (χ3n) is 4.05. The average Bonchev–Trinajstić information content (AvgIpc) is 3.18. The normalized spacial score (nSPS) is 11.9. The summed E-state index contributed by atoms with van der Waals surface area (Å²) < 4.78 is 15.7. The van der Waals surface area contributed by atoms with Gasteiger partial charge in [0, 0.05) is 6.54 Å². The van der Waals surface area contributed by atoms with Crippen LogP contribution in [-0.2, 0) is 34.0 Å². The number of benzene rings is 1. The smallest absolute Gasteiger partial charge is 0.407 e. The second-order valence-corrected chi connectivity index (χ2v) is 6.70. The van der Waals surface area contributed by atoms with Crippen molar-refractivity contribution in [1.29, 1.82) is 0 Å². The number of carbonyl (C=O) groups is 2. The van der Waals surface area contributed by atoms with Gasteiger partial charge >= 0.3 is 6.09 Å². The van der Waals surface area contributed by atoms with Gasteiger partial charge in [-0.25, -0.2) is 4.79 Å². The molecule has 7 nitrogen and oxygen atoms in total. The lowest BCUT2D eigenvalue weighted by Gasteiger charge is -2.21. The molecule has 1 aromatic carbocycles. The van der Waals surface area contributed by atoms with Crippen molar-refractivity contribution in [2.75, 3.05) is 6.61 Å². The van der Waals surface area contributed by atoms with Gasteiger partial charge in [0.1, 0.15) is 18.4 Å². The molecule has 7 heteroatoms. The van der Waals surface area contributed by atoms with Crippen molar-refractivity contribution in [3.63, 3.8) is 0 Å². The average molecular weight is 388 g/mol. The Morgan fingerprint density at radius 3 is 2.57 bits per heavy atom. The van der Waals surface area contributed by atoms with Crippen LogP contribution in [0.15, 0.2) is 47.1 Å². The predicted octanol–water partition coefficient (Wildman–Crippen LogP) is 3.38. The molecule has 0 aliphatic heterocycles. The Bertz CT molecular complexity index is 743. The summed E-state index contributed by atoms with van der Waals surface area (Å²) >= 11 is 0. The van der Waals surface area contributed by atoms with Gasteiger partial charge in [-0.3, -0.25) is 4.79 Å². The van der Waals surface area contributed by atoms with E-state index < -0.39 is 12.1 Å². The van der Waals surface area contributed by atoms with Crippen molar-refractivity contribution in [3.8, 4) is 0 Å². The highest BCUT2D eigenvalue weighted by Crippen LogP contribution is 2.10. The molecule has 2 rings (SSSR count). The summed E-state index contributed by atoms with van der Waals surface area (Å²) in [5.41, 5.74) is 1.95. The fourth-order valence-electron chi connectivity index (χ4n) is 2.63. The third kappa shape index (κ3) is 7.08. The summed E-state index contributed by atoms with van der Waals surface area (Å²) in [5.74, 6) is 0.463. The SMILES string of the molecule is CCOC(=O)NC(C(=O)NCc1cccc(COCc2ccco2)c1)C(C)C.